The van der Waals surface area contributed by atoms with Gasteiger partial charge in [-0.1, -0.05) is 19.8 Å². The zero-order valence-corrected chi connectivity index (χ0v) is 15.6. The molecule has 1 saturated heterocycles. The zero-order valence-electron chi connectivity index (χ0n) is 15.6. The quantitative estimate of drug-likeness (QED) is 0.782. The lowest BCUT2D eigenvalue weighted by Gasteiger charge is -2.41. The predicted octanol–water partition coefficient (Wildman–Crippen LogP) is 4.45. The molecule has 0 aromatic heterocycles. The fourth-order valence-corrected chi connectivity index (χ4v) is 5.43. The summed E-state index contributed by atoms with van der Waals surface area (Å²) in [6.45, 7) is 4.73. The Labute approximate surface area is 149 Å². The summed E-state index contributed by atoms with van der Waals surface area (Å²) in [7, 11) is 0. The molecule has 3 aliphatic rings. The van der Waals surface area contributed by atoms with Crippen LogP contribution < -0.4 is 10.6 Å². The molecule has 0 radical (unpaired) electrons. The molecule has 24 heavy (non-hydrogen) atoms. The van der Waals surface area contributed by atoms with Crippen molar-refractivity contribution in [3.05, 3.63) is 0 Å². The van der Waals surface area contributed by atoms with Crippen molar-refractivity contribution in [2.45, 2.75) is 83.7 Å². The van der Waals surface area contributed by atoms with Gasteiger partial charge in [-0.25, -0.2) is 0 Å². The van der Waals surface area contributed by atoms with Gasteiger partial charge in [0.05, 0.1) is 12.2 Å². The second-order valence-electron chi connectivity index (χ2n) is 8.72. The van der Waals surface area contributed by atoms with Crippen LogP contribution in [0.3, 0.4) is 0 Å². The molecule has 0 aromatic rings. The van der Waals surface area contributed by atoms with Gasteiger partial charge in [0.25, 0.3) is 0 Å². The van der Waals surface area contributed by atoms with E-state index in [-0.39, 0.29) is 0 Å². The molecule has 0 aromatic carbocycles. The summed E-state index contributed by atoms with van der Waals surface area (Å²) < 4.78 is 0. The van der Waals surface area contributed by atoms with Crippen molar-refractivity contribution in [2.75, 3.05) is 13.1 Å². The summed E-state index contributed by atoms with van der Waals surface area (Å²) in [6.07, 6.45) is 15.2. The van der Waals surface area contributed by atoms with Gasteiger partial charge in [-0.3, -0.25) is 0 Å². The number of nitrogens with one attached hydrogen (secondary N) is 2. The molecule has 136 valence electrons. The first kappa shape index (κ1) is 18.2. The molecule has 3 heteroatoms. The lowest BCUT2D eigenvalue weighted by atomic mass is 9.69. The molecule has 2 aliphatic carbocycles. The maximum absolute atomic E-state index is 9.07. The highest BCUT2D eigenvalue weighted by Gasteiger charge is 2.34. The Balaban J connectivity index is 1.36. The Bertz CT molecular complexity index is 392. The number of nitriles is 1. The lowest BCUT2D eigenvalue weighted by Crippen LogP contribution is -2.56. The van der Waals surface area contributed by atoms with Gasteiger partial charge in [-0.2, -0.15) is 5.26 Å². The van der Waals surface area contributed by atoms with Gasteiger partial charge in [0.15, 0.2) is 0 Å². The third-order valence-electron chi connectivity index (χ3n) is 7.13. The van der Waals surface area contributed by atoms with E-state index in [1.54, 1.807) is 0 Å². The van der Waals surface area contributed by atoms with Gasteiger partial charge >= 0.3 is 0 Å². The van der Waals surface area contributed by atoms with E-state index in [1.807, 2.05) is 0 Å². The Hall–Kier alpha value is -0.590. The largest absolute Gasteiger partial charge is 0.301 e. The average Bonchev–Trinajstić information content (AvgIpc) is 2.67. The standard InChI is InChI=1S/C21H37N3/c1-2-3-4-17-14-23-21(24-15-17)20-11-9-19(10-12-20)18-7-5-16(13-22)6-8-18/h16-21,23-24H,2-12,14-15H2,1H3. The van der Waals surface area contributed by atoms with Gasteiger partial charge < -0.3 is 10.6 Å². The van der Waals surface area contributed by atoms with Gasteiger partial charge in [-0.15, -0.1) is 0 Å². The molecule has 0 atom stereocenters. The SMILES string of the molecule is CCCCC1CNC(C2CCC(C3CCC(C#N)CC3)CC2)NC1. The van der Waals surface area contributed by atoms with Crippen molar-refractivity contribution < 1.29 is 0 Å². The molecular weight excluding hydrogens is 294 g/mol. The number of nitrogens with zero attached hydrogens (tertiary/aromatic N) is 1. The maximum atomic E-state index is 9.07. The minimum atomic E-state index is 0.355. The van der Waals surface area contributed by atoms with E-state index in [1.165, 1.54) is 70.9 Å². The lowest BCUT2D eigenvalue weighted by molar-refractivity contribution is 0.119. The summed E-state index contributed by atoms with van der Waals surface area (Å²) in [6, 6.07) is 2.48. The highest BCUT2D eigenvalue weighted by atomic mass is 15.2. The van der Waals surface area contributed by atoms with E-state index in [0.717, 1.165) is 36.5 Å². The molecule has 3 nitrogen and oxygen atoms in total. The summed E-state index contributed by atoms with van der Waals surface area (Å²) in [5, 5.41) is 16.7. The van der Waals surface area contributed by atoms with Crippen LogP contribution in [0.2, 0.25) is 0 Å². The van der Waals surface area contributed by atoms with Crippen molar-refractivity contribution in [2.24, 2.45) is 29.6 Å². The minimum absolute atomic E-state index is 0.355. The topological polar surface area (TPSA) is 47.9 Å². The van der Waals surface area contributed by atoms with Gasteiger partial charge in [0, 0.05) is 19.0 Å². The number of rotatable bonds is 5. The second-order valence-corrected chi connectivity index (χ2v) is 8.72. The molecule has 2 saturated carbocycles. The van der Waals surface area contributed by atoms with E-state index >= 15 is 0 Å². The monoisotopic (exact) mass is 331 g/mol. The smallest absolute Gasteiger partial charge is 0.0655 e. The van der Waals surface area contributed by atoms with Crippen molar-refractivity contribution in [3.8, 4) is 6.07 Å². The number of unbranched alkanes of at least 4 members (excludes halogenated alkanes) is 1. The third kappa shape index (κ3) is 4.73. The highest BCUT2D eigenvalue weighted by molar-refractivity contribution is 4.91. The Morgan fingerprint density at radius 2 is 1.38 bits per heavy atom. The molecular formula is C21H37N3. The predicted molar refractivity (Wildman–Crippen MR) is 99.3 cm³/mol. The Morgan fingerprint density at radius 1 is 0.833 bits per heavy atom. The molecule has 1 heterocycles. The van der Waals surface area contributed by atoms with Crippen molar-refractivity contribution in [1.29, 1.82) is 5.26 Å². The first-order valence-electron chi connectivity index (χ1n) is 10.7. The minimum Gasteiger partial charge on any atom is -0.301 e. The van der Waals surface area contributed by atoms with Crippen molar-refractivity contribution in [3.63, 3.8) is 0 Å². The summed E-state index contributed by atoms with van der Waals surface area (Å²) >= 11 is 0. The number of hydrogen-bond donors (Lipinski definition) is 2. The molecule has 3 rings (SSSR count). The van der Waals surface area contributed by atoms with Crippen molar-refractivity contribution in [1.82, 2.24) is 10.6 Å². The first-order chi connectivity index (χ1) is 11.8. The van der Waals surface area contributed by atoms with E-state index in [2.05, 4.69) is 23.6 Å². The number of hydrogen-bond acceptors (Lipinski definition) is 3. The van der Waals surface area contributed by atoms with Gasteiger partial charge in [0.1, 0.15) is 0 Å². The summed E-state index contributed by atoms with van der Waals surface area (Å²) in [5.41, 5.74) is 0. The zero-order chi connectivity index (χ0) is 16.8. The average molecular weight is 332 g/mol. The van der Waals surface area contributed by atoms with Crippen LogP contribution in [0.4, 0.5) is 0 Å². The van der Waals surface area contributed by atoms with Gasteiger partial charge in [0.2, 0.25) is 0 Å². The van der Waals surface area contributed by atoms with Crippen molar-refractivity contribution >= 4 is 0 Å². The van der Waals surface area contributed by atoms with Crippen LogP contribution in [0.1, 0.15) is 77.6 Å². The van der Waals surface area contributed by atoms with Gasteiger partial charge in [-0.05, 0) is 81.5 Å². The Kier molecular flexibility index (Phi) is 6.98. The molecule has 0 spiro atoms. The molecule has 0 amide bonds. The van der Waals surface area contributed by atoms with Crippen LogP contribution in [0, 0.1) is 40.9 Å². The van der Waals surface area contributed by atoms with E-state index in [9.17, 15) is 0 Å². The van der Waals surface area contributed by atoms with Crippen LogP contribution >= 0.6 is 0 Å². The molecule has 1 aliphatic heterocycles. The van der Waals surface area contributed by atoms with E-state index < -0.39 is 0 Å². The second kappa shape index (κ2) is 9.20. The fourth-order valence-electron chi connectivity index (χ4n) is 5.43. The molecule has 2 N–H and O–H groups in total. The van der Waals surface area contributed by atoms with Crippen LogP contribution in [-0.4, -0.2) is 19.3 Å². The third-order valence-corrected chi connectivity index (χ3v) is 7.13. The van der Waals surface area contributed by atoms with E-state index in [4.69, 9.17) is 5.26 Å². The first-order valence-corrected chi connectivity index (χ1v) is 10.7. The van der Waals surface area contributed by atoms with Crippen LogP contribution in [-0.2, 0) is 0 Å². The summed E-state index contributed by atoms with van der Waals surface area (Å²) in [5.74, 6) is 3.90. The Morgan fingerprint density at radius 3 is 1.92 bits per heavy atom. The van der Waals surface area contributed by atoms with Crippen LogP contribution in [0.25, 0.3) is 0 Å². The van der Waals surface area contributed by atoms with Crippen LogP contribution in [0.15, 0.2) is 0 Å². The maximum Gasteiger partial charge on any atom is 0.0655 e. The molecule has 3 fully saturated rings. The molecule has 0 bridgehead atoms. The highest BCUT2D eigenvalue weighted by Crippen LogP contribution is 2.41. The fraction of sp³-hybridized carbons (Fsp3) is 0.952. The summed E-state index contributed by atoms with van der Waals surface area (Å²) in [4.78, 5) is 0. The molecule has 0 unspecified atom stereocenters. The van der Waals surface area contributed by atoms with E-state index in [0.29, 0.717) is 12.1 Å². The normalized spacial score (nSPS) is 40.8. The van der Waals surface area contributed by atoms with Crippen LogP contribution in [0.5, 0.6) is 0 Å².